The molecule has 5 heterocycles. The van der Waals surface area contributed by atoms with Gasteiger partial charge in [-0.25, -0.2) is 4.98 Å². The van der Waals surface area contributed by atoms with Crippen LogP contribution >= 0.6 is 0 Å². The molecule has 0 aliphatic carbocycles. The van der Waals surface area contributed by atoms with E-state index in [2.05, 4.69) is 21.0 Å². The van der Waals surface area contributed by atoms with Gasteiger partial charge in [-0.15, -0.1) is 0 Å². The zero-order valence-corrected chi connectivity index (χ0v) is 19.8. The molecule has 1 amide bonds. The summed E-state index contributed by atoms with van der Waals surface area (Å²) in [4.78, 5) is 43.3. The molecule has 0 saturated carbocycles. The Bertz CT molecular complexity index is 1040. The number of hydrogen-bond donors (Lipinski definition) is 1. The Hall–Kier alpha value is -3.01. The average Bonchev–Trinajstić information content (AvgIpc) is 3.50. The number of carbonyl (C=O) groups excluding carboxylic acids is 1. The second kappa shape index (κ2) is 10.9. The van der Waals surface area contributed by atoms with E-state index >= 15 is 0 Å². The third kappa shape index (κ3) is 5.91. The highest BCUT2D eigenvalue weighted by molar-refractivity contribution is 5.76. The van der Waals surface area contributed by atoms with E-state index in [9.17, 15) is 9.59 Å². The maximum Gasteiger partial charge on any atom is 0.300 e. The fraction of sp³-hybridized carbons (Fsp3) is 0.625. The first-order valence-corrected chi connectivity index (χ1v) is 12.2. The fourth-order valence-corrected chi connectivity index (χ4v) is 5.40. The number of carboxylic acids is 1. The molecule has 184 valence electrons. The van der Waals surface area contributed by atoms with Crippen LogP contribution in [0, 0.1) is 5.92 Å². The highest BCUT2D eigenvalue weighted by atomic mass is 16.4. The first kappa shape index (κ1) is 24.1. The van der Waals surface area contributed by atoms with Gasteiger partial charge < -0.3 is 14.6 Å². The number of rotatable bonds is 6. The van der Waals surface area contributed by atoms with E-state index < -0.39 is 5.97 Å². The molecule has 2 aromatic rings. The van der Waals surface area contributed by atoms with E-state index in [-0.39, 0.29) is 17.4 Å². The van der Waals surface area contributed by atoms with E-state index in [0.29, 0.717) is 18.9 Å². The summed E-state index contributed by atoms with van der Waals surface area (Å²) in [5.41, 5.74) is 2.21. The van der Waals surface area contributed by atoms with Gasteiger partial charge in [-0.1, -0.05) is 6.07 Å². The number of amides is 1. The lowest BCUT2D eigenvalue weighted by molar-refractivity contribution is -0.135. The first-order chi connectivity index (χ1) is 16.4. The number of hydrogen-bond acceptors (Lipinski definition) is 6. The Morgan fingerprint density at radius 1 is 1.15 bits per heavy atom. The minimum absolute atomic E-state index is 0.182. The number of pyridine rings is 1. The molecule has 3 aliphatic rings. The van der Waals surface area contributed by atoms with Crippen molar-refractivity contribution in [3.05, 3.63) is 46.4 Å². The van der Waals surface area contributed by atoms with Crippen molar-refractivity contribution in [2.75, 3.05) is 26.2 Å². The summed E-state index contributed by atoms with van der Waals surface area (Å²) in [6, 6.07) is 4.18. The van der Waals surface area contributed by atoms with Crippen molar-refractivity contribution in [2.45, 2.75) is 64.6 Å². The number of carboxylic acid groups (broad SMARTS) is 1. The maximum atomic E-state index is 13.1. The Balaban J connectivity index is 0.000000636. The predicted molar refractivity (Wildman–Crippen MR) is 125 cm³/mol. The predicted octanol–water partition coefficient (Wildman–Crippen LogP) is 1.55. The van der Waals surface area contributed by atoms with Crippen LogP contribution in [-0.2, 0) is 29.2 Å². The summed E-state index contributed by atoms with van der Waals surface area (Å²) in [5, 5.41) is 11.5. The van der Waals surface area contributed by atoms with Crippen LogP contribution in [0.1, 0.15) is 56.2 Å². The van der Waals surface area contributed by atoms with Gasteiger partial charge in [0.2, 0.25) is 5.91 Å². The normalized spacial score (nSPS) is 21.5. The molecule has 2 bridgehead atoms. The Morgan fingerprint density at radius 3 is 2.62 bits per heavy atom. The Morgan fingerprint density at radius 2 is 1.91 bits per heavy atom. The molecule has 5 rings (SSSR count). The van der Waals surface area contributed by atoms with Gasteiger partial charge in [-0.05, 0) is 50.8 Å². The van der Waals surface area contributed by atoms with Crippen molar-refractivity contribution in [1.82, 2.24) is 29.1 Å². The number of nitrogens with zero attached hydrogens (tertiary/aromatic N) is 6. The number of aromatic nitrogens is 4. The maximum absolute atomic E-state index is 13.1. The van der Waals surface area contributed by atoms with E-state index in [1.807, 2.05) is 15.5 Å². The van der Waals surface area contributed by atoms with Crippen LogP contribution in [-0.4, -0.2) is 72.3 Å². The SMILES string of the molecule is CC(=O)O.O=C(CCCn1cncn1)N1C[C@@H]2C[C@H](C1)c1ccc(CN3CCCC3)c(=O)n1C2. The number of aliphatic carboxylic acids is 1. The molecule has 10 nitrogen and oxygen atoms in total. The smallest absolute Gasteiger partial charge is 0.300 e. The van der Waals surface area contributed by atoms with Crippen molar-refractivity contribution >= 4 is 11.9 Å². The van der Waals surface area contributed by atoms with Gasteiger partial charge in [0.15, 0.2) is 0 Å². The molecule has 0 radical (unpaired) electrons. The molecular weight excluding hydrogens is 436 g/mol. The minimum atomic E-state index is -0.833. The summed E-state index contributed by atoms with van der Waals surface area (Å²) in [6.07, 6.45) is 8.04. The third-order valence-corrected chi connectivity index (χ3v) is 6.87. The monoisotopic (exact) mass is 470 g/mol. The van der Waals surface area contributed by atoms with E-state index in [1.54, 1.807) is 11.0 Å². The molecule has 10 heteroatoms. The summed E-state index contributed by atoms with van der Waals surface area (Å²) >= 11 is 0. The van der Waals surface area contributed by atoms with Crippen molar-refractivity contribution in [2.24, 2.45) is 5.92 Å². The second-order valence-electron chi connectivity index (χ2n) is 9.56. The van der Waals surface area contributed by atoms with Crippen molar-refractivity contribution < 1.29 is 14.7 Å². The van der Waals surface area contributed by atoms with Crippen LogP contribution in [0.2, 0.25) is 0 Å². The third-order valence-electron chi connectivity index (χ3n) is 6.87. The topological polar surface area (TPSA) is 114 Å². The number of piperidine rings is 1. The first-order valence-electron chi connectivity index (χ1n) is 12.2. The lowest BCUT2D eigenvalue weighted by Crippen LogP contribution is -2.49. The van der Waals surface area contributed by atoms with Gasteiger partial charge >= 0.3 is 0 Å². The van der Waals surface area contributed by atoms with Gasteiger partial charge in [0.05, 0.1) is 0 Å². The lowest BCUT2D eigenvalue weighted by Gasteiger charge is -2.43. The van der Waals surface area contributed by atoms with E-state index in [1.165, 1.54) is 19.2 Å². The Labute approximate surface area is 199 Å². The number of likely N-dealkylation sites (tertiary alicyclic amines) is 2. The quantitative estimate of drug-likeness (QED) is 0.681. The highest BCUT2D eigenvalue weighted by Crippen LogP contribution is 2.35. The van der Waals surface area contributed by atoms with Crippen LogP contribution in [0.15, 0.2) is 29.6 Å². The zero-order valence-electron chi connectivity index (χ0n) is 19.8. The molecule has 0 aromatic carbocycles. The van der Waals surface area contributed by atoms with Gasteiger partial charge in [-0.3, -0.25) is 24.0 Å². The fourth-order valence-electron chi connectivity index (χ4n) is 5.40. The van der Waals surface area contributed by atoms with Gasteiger partial charge in [0, 0.05) is 63.2 Å². The zero-order chi connectivity index (χ0) is 24.1. The van der Waals surface area contributed by atoms with Crippen LogP contribution in [0.3, 0.4) is 0 Å². The molecule has 2 fully saturated rings. The summed E-state index contributed by atoms with van der Waals surface area (Å²) in [5.74, 6) is 0.0202. The molecule has 2 atom stereocenters. The van der Waals surface area contributed by atoms with Crippen LogP contribution in [0.25, 0.3) is 0 Å². The Kier molecular flexibility index (Phi) is 7.77. The lowest BCUT2D eigenvalue weighted by atomic mass is 9.82. The molecule has 1 N–H and O–H groups in total. The largest absolute Gasteiger partial charge is 0.481 e. The standard InChI is InChI=1S/C22H30N6O2.C2H4O2/c29-21(4-3-9-27-16-23-15-24-27)26-11-17-10-19(14-26)20-6-5-18(22(30)28(20)12-17)13-25-7-1-2-8-25;1-2(3)4/h5-6,15-17,19H,1-4,7-14H2;1H3,(H,3,4)/t17-,19+;/m0./s1. The highest BCUT2D eigenvalue weighted by Gasteiger charge is 2.36. The molecular formula is C24H34N6O4. The molecule has 2 aromatic heterocycles. The average molecular weight is 471 g/mol. The number of aryl methyl sites for hydroxylation is 1. The summed E-state index contributed by atoms with van der Waals surface area (Å²) < 4.78 is 3.78. The number of carbonyl (C=O) groups is 2. The van der Waals surface area contributed by atoms with Crippen LogP contribution in [0.5, 0.6) is 0 Å². The summed E-state index contributed by atoms with van der Waals surface area (Å²) in [7, 11) is 0. The van der Waals surface area contributed by atoms with Crippen LogP contribution < -0.4 is 5.56 Å². The molecule has 0 spiro atoms. The molecule has 3 aliphatic heterocycles. The van der Waals surface area contributed by atoms with Gasteiger partial charge in [0.25, 0.3) is 11.5 Å². The minimum Gasteiger partial charge on any atom is -0.481 e. The molecule has 2 saturated heterocycles. The summed E-state index contributed by atoms with van der Waals surface area (Å²) in [6.45, 7) is 6.99. The molecule has 34 heavy (non-hydrogen) atoms. The van der Waals surface area contributed by atoms with Crippen molar-refractivity contribution in [3.63, 3.8) is 0 Å². The van der Waals surface area contributed by atoms with Crippen molar-refractivity contribution in [3.8, 4) is 0 Å². The molecule has 0 unspecified atom stereocenters. The van der Waals surface area contributed by atoms with Crippen molar-refractivity contribution in [1.29, 1.82) is 0 Å². The van der Waals surface area contributed by atoms with E-state index in [0.717, 1.165) is 70.3 Å². The van der Waals surface area contributed by atoms with Crippen LogP contribution in [0.4, 0.5) is 0 Å². The van der Waals surface area contributed by atoms with E-state index in [4.69, 9.17) is 9.90 Å². The second-order valence-corrected chi connectivity index (χ2v) is 9.56. The van der Waals surface area contributed by atoms with Gasteiger partial charge in [0.1, 0.15) is 12.7 Å². The number of fused-ring (bicyclic) bond motifs is 4. The van der Waals surface area contributed by atoms with Gasteiger partial charge in [-0.2, -0.15) is 5.10 Å².